The third-order valence-electron chi connectivity index (χ3n) is 2.19. The van der Waals surface area contributed by atoms with Gasteiger partial charge in [0.25, 0.3) is 0 Å². The summed E-state index contributed by atoms with van der Waals surface area (Å²) in [6.07, 6.45) is 1.76. The summed E-state index contributed by atoms with van der Waals surface area (Å²) in [6.45, 7) is 0. The van der Waals surface area contributed by atoms with Crippen LogP contribution in [-0.4, -0.2) is 15.6 Å². The molecule has 1 aromatic carbocycles. The van der Waals surface area contributed by atoms with E-state index in [0.717, 1.165) is 10.9 Å². The lowest BCUT2D eigenvalue weighted by Crippen LogP contribution is -1.95. The van der Waals surface area contributed by atoms with Crippen LogP contribution in [0.5, 0.6) is 0 Å². The number of carbonyl (C=O) groups is 1. The van der Waals surface area contributed by atoms with Crippen molar-refractivity contribution in [3.05, 3.63) is 35.0 Å². The third-order valence-corrected chi connectivity index (χ3v) is 2.49. The smallest absolute Gasteiger partial charge is 0.335 e. The third kappa shape index (κ3) is 1.26. The van der Waals surface area contributed by atoms with Crippen molar-refractivity contribution >= 4 is 28.5 Å². The van der Waals surface area contributed by atoms with E-state index in [-0.39, 0.29) is 5.56 Å². The van der Waals surface area contributed by atoms with Gasteiger partial charge in [0.2, 0.25) is 0 Å². The second kappa shape index (κ2) is 3.03. The molecular weight excluding hydrogens is 202 g/mol. The second-order valence-electron chi connectivity index (χ2n) is 3.13. The predicted molar refractivity (Wildman–Crippen MR) is 54.9 cm³/mol. The molecule has 0 aliphatic carbocycles. The van der Waals surface area contributed by atoms with E-state index in [2.05, 4.69) is 0 Å². The highest BCUT2D eigenvalue weighted by Crippen LogP contribution is 2.25. The summed E-state index contributed by atoms with van der Waals surface area (Å²) in [7, 11) is 1.87. The van der Waals surface area contributed by atoms with Crippen molar-refractivity contribution in [3.63, 3.8) is 0 Å². The van der Waals surface area contributed by atoms with Gasteiger partial charge in [-0.15, -0.1) is 0 Å². The van der Waals surface area contributed by atoms with E-state index in [4.69, 9.17) is 16.7 Å². The van der Waals surface area contributed by atoms with Gasteiger partial charge in [-0.2, -0.15) is 0 Å². The lowest BCUT2D eigenvalue weighted by atomic mass is 10.1. The van der Waals surface area contributed by atoms with Gasteiger partial charge in [-0.05, 0) is 18.2 Å². The first-order valence-electron chi connectivity index (χ1n) is 4.07. The zero-order chi connectivity index (χ0) is 10.3. The van der Waals surface area contributed by atoms with Crippen molar-refractivity contribution in [1.82, 2.24) is 4.57 Å². The Morgan fingerprint density at radius 2 is 2.21 bits per heavy atom. The molecule has 0 radical (unpaired) electrons. The standard InChI is InChI=1S/C10H8ClNO2/c1-12-5-8(11)7-4-6(10(13)14)2-3-9(7)12/h2-5H,1H3,(H,13,14). The van der Waals surface area contributed by atoms with E-state index >= 15 is 0 Å². The van der Waals surface area contributed by atoms with Gasteiger partial charge >= 0.3 is 5.97 Å². The lowest BCUT2D eigenvalue weighted by molar-refractivity contribution is 0.0697. The number of fused-ring (bicyclic) bond motifs is 1. The summed E-state index contributed by atoms with van der Waals surface area (Å²) in [5, 5.41) is 10.1. The average molecular weight is 210 g/mol. The number of nitrogens with zero attached hydrogens (tertiary/aromatic N) is 1. The van der Waals surface area contributed by atoms with E-state index in [9.17, 15) is 4.79 Å². The van der Waals surface area contributed by atoms with Crippen LogP contribution in [0.3, 0.4) is 0 Å². The molecule has 1 N–H and O–H groups in total. The molecule has 0 fully saturated rings. The fourth-order valence-corrected chi connectivity index (χ4v) is 1.77. The van der Waals surface area contributed by atoms with Gasteiger partial charge < -0.3 is 9.67 Å². The Labute approximate surface area is 85.5 Å². The van der Waals surface area contributed by atoms with Crippen LogP contribution in [0.1, 0.15) is 10.4 Å². The molecule has 0 atom stereocenters. The minimum absolute atomic E-state index is 0.255. The molecule has 0 amide bonds. The van der Waals surface area contributed by atoms with Crippen LogP contribution in [0.25, 0.3) is 10.9 Å². The van der Waals surface area contributed by atoms with Gasteiger partial charge in [-0.25, -0.2) is 4.79 Å². The molecule has 14 heavy (non-hydrogen) atoms. The number of benzene rings is 1. The summed E-state index contributed by atoms with van der Waals surface area (Å²) in [5.41, 5.74) is 1.19. The Bertz CT molecular complexity index is 516. The number of carboxylic acid groups (broad SMARTS) is 1. The quantitative estimate of drug-likeness (QED) is 0.784. The largest absolute Gasteiger partial charge is 0.478 e. The maximum absolute atomic E-state index is 10.7. The zero-order valence-electron chi connectivity index (χ0n) is 7.49. The first-order valence-corrected chi connectivity index (χ1v) is 4.45. The molecule has 72 valence electrons. The number of hydrogen-bond acceptors (Lipinski definition) is 1. The van der Waals surface area contributed by atoms with Crippen LogP contribution in [0.15, 0.2) is 24.4 Å². The van der Waals surface area contributed by atoms with Gasteiger partial charge in [0.05, 0.1) is 10.6 Å². The first-order chi connectivity index (χ1) is 6.59. The summed E-state index contributed by atoms with van der Waals surface area (Å²) in [5.74, 6) is -0.938. The zero-order valence-corrected chi connectivity index (χ0v) is 8.25. The molecule has 4 heteroatoms. The van der Waals surface area contributed by atoms with E-state index < -0.39 is 5.97 Å². The fourth-order valence-electron chi connectivity index (χ4n) is 1.48. The highest BCUT2D eigenvalue weighted by Gasteiger charge is 2.08. The summed E-state index contributed by atoms with van der Waals surface area (Å²) < 4.78 is 1.86. The number of hydrogen-bond donors (Lipinski definition) is 1. The molecule has 2 rings (SSSR count). The molecule has 0 saturated carbocycles. The van der Waals surface area contributed by atoms with Crippen LogP contribution < -0.4 is 0 Å². The van der Waals surface area contributed by atoms with Crippen molar-refractivity contribution in [2.75, 3.05) is 0 Å². The minimum atomic E-state index is -0.938. The minimum Gasteiger partial charge on any atom is -0.478 e. The van der Waals surface area contributed by atoms with Gasteiger partial charge in [0, 0.05) is 24.1 Å². The molecule has 0 unspecified atom stereocenters. The molecule has 2 aromatic rings. The molecule has 0 spiro atoms. The SMILES string of the molecule is Cn1cc(Cl)c2cc(C(=O)O)ccc21. The van der Waals surface area contributed by atoms with Crippen molar-refractivity contribution in [3.8, 4) is 0 Å². The van der Waals surface area contributed by atoms with Crippen molar-refractivity contribution < 1.29 is 9.90 Å². The number of aryl methyl sites for hydroxylation is 1. The maximum atomic E-state index is 10.7. The number of aromatic carboxylic acids is 1. The predicted octanol–water partition coefficient (Wildman–Crippen LogP) is 2.53. The van der Waals surface area contributed by atoms with Crippen LogP contribution in [0.2, 0.25) is 5.02 Å². The molecule has 0 bridgehead atoms. The molecule has 0 saturated heterocycles. The van der Waals surface area contributed by atoms with Gasteiger partial charge in [0.15, 0.2) is 0 Å². The van der Waals surface area contributed by atoms with E-state index in [0.29, 0.717) is 5.02 Å². The monoisotopic (exact) mass is 209 g/mol. The highest BCUT2D eigenvalue weighted by atomic mass is 35.5. The van der Waals surface area contributed by atoms with Gasteiger partial charge in [-0.3, -0.25) is 0 Å². The molecule has 1 aromatic heterocycles. The highest BCUT2D eigenvalue weighted by molar-refractivity contribution is 6.35. The number of halogens is 1. The second-order valence-corrected chi connectivity index (χ2v) is 3.53. The first kappa shape index (κ1) is 9.09. The number of aromatic nitrogens is 1. The van der Waals surface area contributed by atoms with Crippen molar-refractivity contribution in [1.29, 1.82) is 0 Å². The molecule has 1 heterocycles. The van der Waals surface area contributed by atoms with Crippen LogP contribution in [0, 0.1) is 0 Å². The Balaban J connectivity index is 2.77. The van der Waals surface area contributed by atoms with E-state index in [1.807, 2.05) is 11.6 Å². The van der Waals surface area contributed by atoms with Crippen LogP contribution in [0.4, 0.5) is 0 Å². The van der Waals surface area contributed by atoms with E-state index in [1.165, 1.54) is 0 Å². The van der Waals surface area contributed by atoms with Gasteiger partial charge in [0.1, 0.15) is 0 Å². The van der Waals surface area contributed by atoms with Gasteiger partial charge in [-0.1, -0.05) is 11.6 Å². The molecule has 0 aliphatic heterocycles. The van der Waals surface area contributed by atoms with Crippen LogP contribution in [-0.2, 0) is 7.05 Å². The summed E-state index contributed by atoms with van der Waals surface area (Å²) in [6, 6.07) is 4.91. The molecule has 3 nitrogen and oxygen atoms in total. The maximum Gasteiger partial charge on any atom is 0.335 e. The van der Waals surface area contributed by atoms with Crippen LogP contribution >= 0.6 is 11.6 Å². The molecule has 0 aliphatic rings. The number of rotatable bonds is 1. The normalized spacial score (nSPS) is 10.7. The molecular formula is C10H8ClNO2. The number of carboxylic acids is 1. The Morgan fingerprint density at radius 1 is 1.50 bits per heavy atom. The Kier molecular flexibility index (Phi) is 1.97. The fraction of sp³-hybridized carbons (Fsp3) is 0.100. The summed E-state index contributed by atoms with van der Waals surface area (Å²) in [4.78, 5) is 10.7. The summed E-state index contributed by atoms with van der Waals surface area (Å²) >= 11 is 5.94. The lowest BCUT2D eigenvalue weighted by Gasteiger charge is -1.97. The Hall–Kier alpha value is -1.48. The van der Waals surface area contributed by atoms with E-state index in [1.54, 1.807) is 24.4 Å². The van der Waals surface area contributed by atoms with Crippen molar-refractivity contribution in [2.45, 2.75) is 0 Å². The average Bonchev–Trinajstić information content (AvgIpc) is 2.42. The van der Waals surface area contributed by atoms with Crippen molar-refractivity contribution in [2.24, 2.45) is 7.05 Å². The topological polar surface area (TPSA) is 42.2 Å². The Morgan fingerprint density at radius 3 is 2.86 bits per heavy atom.